The van der Waals surface area contributed by atoms with E-state index in [-0.39, 0.29) is 18.0 Å². The van der Waals surface area contributed by atoms with Crippen LogP contribution in [0.1, 0.15) is 39.5 Å². The van der Waals surface area contributed by atoms with Crippen molar-refractivity contribution >= 4 is 23.8 Å². The van der Waals surface area contributed by atoms with Crippen molar-refractivity contribution in [1.29, 1.82) is 0 Å². The molecule has 0 aromatic carbocycles. The van der Waals surface area contributed by atoms with Crippen LogP contribution in [0, 0.1) is 5.92 Å². The summed E-state index contributed by atoms with van der Waals surface area (Å²) in [5.74, 6) is -0.747. The second-order valence-electron chi connectivity index (χ2n) is 5.45. The molecule has 1 aliphatic rings. The van der Waals surface area contributed by atoms with Crippen molar-refractivity contribution in [2.24, 2.45) is 5.92 Å². The van der Waals surface area contributed by atoms with Crippen molar-refractivity contribution in [2.45, 2.75) is 56.9 Å². The predicted molar refractivity (Wildman–Crippen MR) is 77.5 cm³/mol. The minimum absolute atomic E-state index is 0.156. The quantitative estimate of drug-likeness (QED) is 0.699. The van der Waals surface area contributed by atoms with Crippen LogP contribution in [0.15, 0.2) is 0 Å². The van der Waals surface area contributed by atoms with Gasteiger partial charge in [0.15, 0.2) is 0 Å². The zero-order valence-corrected chi connectivity index (χ0v) is 12.6. The van der Waals surface area contributed by atoms with Crippen LogP contribution in [-0.4, -0.2) is 40.7 Å². The standard InChI is InChI=1S/C13H24N2O3S/c1-8(2)7-10(12(16)17)15-13(18)14-9-5-4-6-11(9)19-3/h8-11H,4-7H2,1-3H3,(H,16,17)(H2,14,15,18)/t9?,10-,11?/m1/s1. The maximum Gasteiger partial charge on any atom is 0.326 e. The summed E-state index contributed by atoms with van der Waals surface area (Å²) in [6.07, 6.45) is 5.69. The van der Waals surface area contributed by atoms with Crippen molar-refractivity contribution in [2.75, 3.05) is 6.26 Å². The number of rotatable bonds is 6. The predicted octanol–water partition coefficient (Wildman–Crippen LogP) is 2.07. The molecule has 2 unspecified atom stereocenters. The summed E-state index contributed by atoms with van der Waals surface area (Å²) in [5, 5.41) is 15.0. The summed E-state index contributed by atoms with van der Waals surface area (Å²) in [6, 6.07) is -1.02. The van der Waals surface area contributed by atoms with Crippen molar-refractivity contribution in [3.8, 4) is 0 Å². The molecule has 6 heteroatoms. The Hall–Kier alpha value is -0.910. The van der Waals surface area contributed by atoms with E-state index in [4.69, 9.17) is 5.11 Å². The highest BCUT2D eigenvalue weighted by molar-refractivity contribution is 7.99. The van der Waals surface area contributed by atoms with Gasteiger partial charge in [0.2, 0.25) is 0 Å². The Balaban J connectivity index is 2.46. The largest absolute Gasteiger partial charge is 0.480 e. The molecule has 0 heterocycles. The second kappa shape index (κ2) is 7.62. The third-order valence-electron chi connectivity index (χ3n) is 3.38. The molecule has 1 fully saturated rings. The van der Waals surface area contributed by atoms with E-state index in [1.54, 1.807) is 11.8 Å². The van der Waals surface area contributed by atoms with E-state index in [0.29, 0.717) is 11.7 Å². The third-order valence-corrected chi connectivity index (χ3v) is 4.55. The average Bonchev–Trinajstić information content (AvgIpc) is 2.74. The Bertz CT molecular complexity index is 323. The molecule has 3 atom stereocenters. The molecular weight excluding hydrogens is 264 g/mol. The van der Waals surface area contributed by atoms with Crippen LogP contribution in [0.3, 0.4) is 0 Å². The number of carboxylic acid groups (broad SMARTS) is 1. The number of carbonyl (C=O) groups excluding carboxylic acids is 1. The van der Waals surface area contributed by atoms with Crippen LogP contribution >= 0.6 is 11.8 Å². The van der Waals surface area contributed by atoms with E-state index in [0.717, 1.165) is 19.3 Å². The first-order valence-corrected chi connectivity index (χ1v) is 8.05. The van der Waals surface area contributed by atoms with Crippen LogP contribution in [0.5, 0.6) is 0 Å². The zero-order chi connectivity index (χ0) is 14.4. The van der Waals surface area contributed by atoms with Gasteiger partial charge in [-0.2, -0.15) is 11.8 Å². The van der Waals surface area contributed by atoms with Crippen molar-refractivity contribution in [3.63, 3.8) is 0 Å². The lowest BCUT2D eigenvalue weighted by Gasteiger charge is -2.22. The topological polar surface area (TPSA) is 78.4 Å². The molecule has 5 nitrogen and oxygen atoms in total. The fraction of sp³-hybridized carbons (Fsp3) is 0.846. The highest BCUT2D eigenvalue weighted by atomic mass is 32.2. The van der Waals surface area contributed by atoms with Gasteiger partial charge < -0.3 is 15.7 Å². The van der Waals surface area contributed by atoms with E-state index in [2.05, 4.69) is 10.6 Å². The van der Waals surface area contributed by atoms with Gasteiger partial charge in [-0.1, -0.05) is 20.3 Å². The summed E-state index contributed by atoms with van der Waals surface area (Å²) < 4.78 is 0. The minimum atomic E-state index is -0.975. The average molecular weight is 288 g/mol. The highest BCUT2D eigenvalue weighted by Crippen LogP contribution is 2.28. The molecule has 0 saturated heterocycles. The number of urea groups is 1. The number of carbonyl (C=O) groups is 2. The van der Waals surface area contributed by atoms with Crippen LogP contribution in [-0.2, 0) is 4.79 Å². The van der Waals surface area contributed by atoms with Gasteiger partial charge in [0.25, 0.3) is 0 Å². The van der Waals surface area contributed by atoms with Gasteiger partial charge in [0.05, 0.1) is 0 Å². The van der Waals surface area contributed by atoms with Gasteiger partial charge >= 0.3 is 12.0 Å². The summed E-state index contributed by atoms with van der Waals surface area (Å²) >= 11 is 1.76. The Labute approximate surface area is 118 Å². The lowest BCUT2D eigenvalue weighted by atomic mass is 10.0. The Morgan fingerprint density at radius 3 is 2.58 bits per heavy atom. The maximum absolute atomic E-state index is 11.9. The zero-order valence-electron chi connectivity index (χ0n) is 11.8. The monoisotopic (exact) mass is 288 g/mol. The molecule has 0 radical (unpaired) electrons. The Kier molecular flexibility index (Phi) is 6.48. The van der Waals surface area contributed by atoms with Crippen LogP contribution < -0.4 is 10.6 Å². The summed E-state index contributed by atoms with van der Waals surface area (Å²) in [4.78, 5) is 22.9. The number of carboxylic acids is 1. The first-order chi connectivity index (χ1) is 8.93. The molecule has 1 saturated carbocycles. The molecule has 110 valence electrons. The number of hydrogen-bond acceptors (Lipinski definition) is 3. The number of hydrogen-bond donors (Lipinski definition) is 3. The molecule has 3 N–H and O–H groups in total. The second-order valence-corrected chi connectivity index (χ2v) is 6.53. The van der Waals surface area contributed by atoms with Crippen LogP contribution in [0.4, 0.5) is 4.79 Å². The van der Waals surface area contributed by atoms with Gasteiger partial charge in [0.1, 0.15) is 6.04 Å². The van der Waals surface area contributed by atoms with Gasteiger partial charge in [-0.25, -0.2) is 9.59 Å². The van der Waals surface area contributed by atoms with E-state index >= 15 is 0 Å². The molecule has 19 heavy (non-hydrogen) atoms. The Morgan fingerprint density at radius 2 is 2.05 bits per heavy atom. The first-order valence-electron chi connectivity index (χ1n) is 6.76. The molecule has 0 aromatic heterocycles. The SMILES string of the molecule is CSC1CCCC1NC(=O)N[C@H](CC(C)C)C(=O)O. The van der Waals surface area contributed by atoms with Gasteiger partial charge in [-0.3, -0.25) is 0 Å². The van der Waals surface area contributed by atoms with E-state index in [9.17, 15) is 9.59 Å². The fourth-order valence-electron chi connectivity index (χ4n) is 2.43. The Morgan fingerprint density at radius 1 is 1.37 bits per heavy atom. The van der Waals surface area contributed by atoms with E-state index in [1.165, 1.54) is 0 Å². The van der Waals surface area contributed by atoms with Crippen molar-refractivity contribution < 1.29 is 14.7 Å². The van der Waals surface area contributed by atoms with Crippen molar-refractivity contribution in [3.05, 3.63) is 0 Å². The van der Waals surface area contributed by atoms with Crippen molar-refractivity contribution in [1.82, 2.24) is 10.6 Å². The summed E-state index contributed by atoms with van der Waals surface area (Å²) in [5.41, 5.74) is 0. The number of aliphatic carboxylic acids is 1. The normalized spacial score (nSPS) is 24.2. The summed E-state index contributed by atoms with van der Waals surface area (Å²) in [7, 11) is 0. The first kappa shape index (κ1) is 16.1. The van der Waals surface area contributed by atoms with Gasteiger partial charge in [-0.05, 0) is 31.4 Å². The van der Waals surface area contributed by atoms with Crippen LogP contribution in [0.2, 0.25) is 0 Å². The molecule has 1 aliphatic carbocycles. The minimum Gasteiger partial charge on any atom is -0.480 e. The smallest absolute Gasteiger partial charge is 0.326 e. The lowest BCUT2D eigenvalue weighted by Crippen LogP contribution is -2.50. The number of nitrogens with one attached hydrogen (secondary N) is 2. The summed E-state index contributed by atoms with van der Waals surface area (Å²) in [6.45, 7) is 3.88. The molecule has 1 rings (SSSR count). The highest BCUT2D eigenvalue weighted by Gasteiger charge is 2.29. The fourth-order valence-corrected chi connectivity index (χ4v) is 3.37. The number of thioether (sulfide) groups is 1. The lowest BCUT2D eigenvalue weighted by molar-refractivity contribution is -0.139. The van der Waals surface area contributed by atoms with E-state index < -0.39 is 12.0 Å². The van der Waals surface area contributed by atoms with Gasteiger partial charge in [0, 0.05) is 11.3 Å². The molecule has 0 spiro atoms. The number of amides is 2. The van der Waals surface area contributed by atoms with Gasteiger partial charge in [-0.15, -0.1) is 0 Å². The molecule has 2 amide bonds. The van der Waals surface area contributed by atoms with E-state index in [1.807, 2.05) is 20.1 Å². The molecular formula is C13H24N2O3S. The maximum atomic E-state index is 11.9. The molecule has 0 bridgehead atoms. The molecule has 0 aromatic rings. The molecule has 0 aliphatic heterocycles. The van der Waals surface area contributed by atoms with Crippen LogP contribution in [0.25, 0.3) is 0 Å². The third kappa shape index (κ3) is 5.30.